The molecule has 160 valence electrons. The Kier molecular flexibility index (Phi) is 8.32. The first-order valence-electron chi connectivity index (χ1n) is 9.14. The van der Waals surface area contributed by atoms with Crippen LogP contribution < -0.4 is 5.32 Å². The van der Waals surface area contributed by atoms with Crippen LogP contribution in [0.25, 0.3) is 11.1 Å². The van der Waals surface area contributed by atoms with Gasteiger partial charge in [0.25, 0.3) is 0 Å². The van der Waals surface area contributed by atoms with E-state index >= 15 is 0 Å². The van der Waals surface area contributed by atoms with E-state index in [-0.39, 0.29) is 19.4 Å². The Morgan fingerprint density at radius 2 is 1.83 bits per heavy atom. The molecule has 0 aliphatic heterocycles. The van der Waals surface area contributed by atoms with Gasteiger partial charge >= 0.3 is 17.8 Å². The maximum Gasteiger partial charge on any atom is 0.396 e. The van der Waals surface area contributed by atoms with Crippen LogP contribution in [0.1, 0.15) is 18.9 Å². The van der Waals surface area contributed by atoms with Crippen molar-refractivity contribution >= 4 is 29.4 Å². The smallest absolute Gasteiger partial charge is 0.396 e. The third-order valence-electron chi connectivity index (χ3n) is 4.26. The minimum Gasteiger partial charge on any atom is -0.479 e. The molecule has 0 saturated heterocycles. The zero-order valence-corrected chi connectivity index (χ0v) is 16.9. The maximum atomic E-state index is 14.0. The molecule has 2 aromatic rings. The molecule has 0 heterocycles. The molecule has 2 unspecified atom stereocenters. The Labute approximate surface area is 177 Å². The maximum absolute atomic E-state index is 14.0. The zero-order valence-electron chi connectivity index (χ0n) is 16.1. The quantitative estimate of drug-likeness (QED) is 0.432. The van der Waals surface area contributed by atoms with Gasteiger partial charge in [0.2, 0.25) is 0 Å². The summed E-state index contributed by atoms with van der Waals surface area (Å²) in [6.45, 7) is 1.55. The molecule has 9 heteroatoms. The van der Waals surface area contributed by atoms with Crippen molar-refractivity contribution < 1.29 is 33.7 Å². The van der Waals surface area contributed by atoms with Crippen LogP contribution in [0.5, 0.6) is 0 Å². The van der Waals surface area contributed by atoms with E-state index < -0.39 is 35.8 Å². The molecule has 0 aliphatic rings. The van der Waals surface area contributed by atoms with E-state index in [2.05, 4.69) is 10.1 Å². The van der Waals surface area contributed by atoms with Crippen LogP contribution in [0, 0.1) is 5.82 Å². The fourth-order valence-corrected chi connectivity index (χ4v) is 3.00. The van der Waals surface area contributed by atoms with Gasteiger partial charge in [-0.15, -0.1) is 0 Å². The third kappa shape index (κ3) is 6.53. The van der Waals surface area contributed by atoms with E-state index in [1.54, 1.807) is 31.2 Å². The average molecular weight is 438 g/mol. The standard InChI is InChI=1S/C21H21ClFNO6/c1-2-30-21(29)19(26)24-15(11-18(25)20(27)28)9-12-3-5-13(6-4-12)16-10-14(22)7-8-17(16)23/h3-8,10,15,18,25H,2,9,11H2,1H3,(H,24,26)(H,27,28). The molecule has 0 spiro atoms. The Morgan fingerprint density at radius 1 is 1.17 bits per heavy atom. The molecule has 3 N–H and O–H groups in total. The van der Waals surface area contributed by atoms with E-state index in [4.69, 9.17) is 16.7 Å². The molecular formula is C21H21ClFNO6. The van der Waals surface area contributed by atoms with Crippen LogP contribution in [0.3, 0.4) is 0 Å². The number of esters is 1. The first-order chi connectivity index (χ1) is 14.2. The fraction of sp³-hybridized carbons (Fsp3) is 0.286. The number of carbonyl (C=O) groups is 3. The summed E-state index contributed by atoms with van der Waals surface area (Å²) in [5, 5.41) is 21.4. The van der Waals surface area contributed by atoms with Gasteiger partial charge < -0.3 is 20.3 Å². The van der Waals surface area contributed by atoms with Crippen molar-refractivity contribution in [2.75, 3.05) is 6.61 Å². The third-order valence-corrected chi connectivity index (χ3v) is 4.50. The highest BCUT2D eigenvalue weighted by Gasteiger charge is 2.25. The number of amides is 1. The number of aliphatic carboxylic acids is 1. The lowest BCUT2D eigenvalue weighted by Gasteiger charge is -2.20. The first-order valence-corrected chi connectivity index (χ1v) is 9.52. The number of rotatable bonds is 8. The van der Waals surface area contributed by atoms with Crippen LogP contribution in [-0.4, -0.2) is 46.8 Å². The number of nitrogens with one attached hydrogen (secondary N) is 1. The van der Waals surface area contributed by atoms with Gasteiger partial charge in [0.15, 0.2) is 6.10 Å². The molecule has 0 bridgehead atoms. The highest BCUT2D eigenvalue weighted by Crippen LogP contribution is 2.26. The molecule has 2 rings (SSSR count). The molecule has 1 amide bonds. The summed E-state index contributed by atoms with van der Waals surface area (Å²) >= 11 is 5.92. The van der Waals surface area contributed by atoms with E-state index in [1.165, 1.54) is 18.2 Å². The number of hydrogen-bond acceptors (Lipinski definition) is 5. The van der Waals surface area contributed by atoms with Crippen LogP contribution >= 0.6 is 11.6 Å². The van der Waals surface area contributed by atoms with E-state index in [1.807, 2.05) is 0 Å². The zero-order chi connectivity index (χ0) is 22.3. The number of aliphatic hydroxyl groups is 1. The molecule has 2 aromatic carbocycles. The Morgan fingerprint density at radius 3 is 2.43 bits per heavy atom. The Hall–Kier alpha value is -2.97. The Balaban J connectivity index is 2.17. The summed E-state index contributed by atoms with van der Waals surface area (Å²) in [5.74, 6) is -4.01. The van der Waals surface area contributed by atoms with Crippen molar-refractivity contribution in [3.05, 3.63) is 58.9 Å². The van der Waals surface area contributed by atoms with Crippen molar-refractivity contribution in [1.29, 1.82) is 0 Å². The van der Waals surface area contributed by atoms with Gasteiger partial charge in [0, 0.05) is 23.0 Å². The van der Waals surface area contributed by atoms with Crippen LogP contribution in [0.4, 0.5) is 4.39 Å². The van der Waals surface area contributed by atoms with Gasteiger partial charge in [-0.05, 0) is 42.7 Å². The molecule has 0 fully saturated rings. The van der Waals surface area contributed by atoms with Crippen molar-refractivity contribution in [3.8, 4) is 11.1 Å². The number of aliphatic hydroxyl groups excluding tert-OH is 1. The molecule has 0 aliphatic carbocycles. The van der Waals surface area contributed by atoms with Crippen molar-refractivity contribution in [2.24, 2.45) is 0 Å². The SMILES string of the molecule is CCOC(=O)C(=O)NC(Cc1ccc(-c2cc(Cl)ccc2F)cc1)CC(O)C(=O)O. The molecule has 2 atom stereocenters. The van der Waals surface area contributed by atoms with Crippen LogP contribution in [0.2, 0.25) is 5.02 Å². The predicted molar refractivity (Wildman–Crippen MR) is 107 cm³/mol. The van der Waals surface area contributed by atoms with Crippen molar-refractivity contribution in [1.82, 2.24) is 5.32 Å². The molecule has 30 heavy (non-hydrogen) atoms. The van der Waals surface area contributed by atoms with Crippen LogP contribution in [0.15, 0.2) is 42.5 Å². The number of carboxylic acid groups (broad SMARTS) is 1. The van der Waals surface area contributed by atoms with E-state index in [0.29, 0.717) is 21.7 Å². The lowest BCUT2D eigenvalue weighted by molar-refractivity contribution is -0.155. The van der Waals surface area contributed by atoms with Crippen molar-refractivity contribution in [3.63, 3.8) is 0 Å². The monoisotopic (exact) mass is 437 g/mol. The minimum atomic E-state index is -1.72. The number of carbonyl (C=O) groups excluding carboxylic acids is 2. The molecule has 0 radical (unpaired) electrons. The topological polar surface area (TPSA) is 113 Å². The summed E-state index contributed by atoms with van der Waals surface area (Å²) in [5.41, 5.74) is 1.58. The second-order valence-electron chi connectivity index (χ2n) is 6.51. The van der Waals surface area contributed by atoms with Crippen LogP contribution in [-0.2, 0) is 25.5 Å². The first kappa shape index (κ1) is 23.3. The molecule has 7 nitrogen and oxygen atoms in total. The second kappa shape index (κ2) is 10.7. The van der Waals surface area contributed by atoms with Gasteiger partial charge in [-0.2, -0.15) is 0 Å². The van der Waals surface area contributed by atoms with E-state index in [0.717, 1.165) is 0 Å². The summed E-state index contributed by atoms with van der Waals surface area (Å²) < 4.78 is 18.7. The number of benzene rings is 2. The number of hydrogen-bond donors (Lipinski definition) is 3. The summed E-state index contributed by atoms with van der Waals surface area (Å²) in [4.78, 5) is 34.4. The van der Waals surface area contributed by atoms with Gasteiger partial charge in [-0.25, -0.2) is 14.0 Å². The average Bonchev–Trinajstić information content (AvgIpc) is 2.70. The summed E-state index contributed by atoms with van der Waals surface area (Å²) in [6, 6.07) is 10.0. The predicted octanol–water partition coefficient (Wildman–Crippen LogP) is 2.57. The largest absolute Gasteiger partial charge is 0.479 e. The Bertz CT molecular complexity index is 918. The van der Waals surface area contributed by atoms with Crippen molar-refractivity contribution in [2.45, 2.75) is 31.9 Å². The molecule has 0 saturated carbocycles. The summed E-state index contributed by atoms with van der Waals surface area (Å²) in [6.07, 6.45) is -1.91. The fourth-order valence-electron chi connectivity index (χ4n) is 2.83. The lowest BCUT2D eigenvalue weighted by atomic mass is 9.97. The van der Waals surface area contributed by atoms with Gasteiger partial charge in [0.05, 0.1) is 6.61 Å². The number of halogens is 2. The number of carboxylic acids is 1. The van der Waals surface area contributed by atoms with Gasteiger partial charge in [-0.1, -0.05) is 35.9 Å². The second-order valence-corrected chi connectivity index (χ2v) is 6.94. The highest BCUT2D eigenvalue weighted by molar-refractivity contribution is 6.32. The number of ether oxygens (including phenoxy) is 1. The highest BCUT2D eigenvalue weighted by atomic mass is 35.5. The lowest BCUT2D eigenvalue weighted by Crippen LogP contribution is -2.44. The summed E-state index contributed by atoms with van der Waals surface area (Å²) in [7, 11) is 0. The molecular weight excluding hydrogens is 417 g/mol. The molecule has 0 aromatic heterocycles. The van der Waals surface area contributed by atoms with E-state index in [9.17, 15) is 23.9 Å². The normalized spacial score (nSPS) is 12.7. The van der Waals surface area contributed by atoms with Gasteiger partial charge in [0.1, 0.15) is 5.82 Å². The van der Waals surface area contributed by atoms with Gasteiger partial charge in [-0.3, -0.25) is 4.79 Å². The minimum absolute atomic E-state index is 0.0101.